The summed E-state index contributed by atoms with van der Waals surface area (Å²) in [4.78, 5) is 30.7. The quantitative estimate of drug-likeness (QED) is 0.641. The van der Waals surface area contributed by atoms with E-state index in [0.717, 1.165) is 5.56 Å². The van der Waals surface area contributed by atoms with E-state index in [1.807, 2.05) is 12.1 Å². The Kier molecular flexibility index (Phi) is 5.50. The van der Waals surface area contributed by atoms with Crippen molar-refractivity contribution in [3.8, 4) is 11.3 Å². The van der Waals surface area contributed by atoms with Crippen molar-refractivity contribution in [2.45, 2.75) is 24.9 Å². The number of halogens is 2. The number of pyridine rings is 1. The van der Waals surface area contributed by atoms with Crippen LogP contribution in [0.2, 0.25) is 5.02 Å². The maximum Gasteiger partial charge on any atom is 0.326 e. The first-order valence-corrected chi connectivity index (χ1v) is 9.85. The van der Waals surface area contributed by atoms with Gasteiger partial charge in [0, 0.05) is 16.8 Å². The Hall–Kier alpha value is -3.25. The molecule has 0 radical (unpaired) electrons. The highest BCUT2D eigenvalue weighted by Crippen LogP contribution is 2.40. The minimum absolute atomic E-state index is 0.264. The Balaban J connectivity index is 1.66. The smallest absolute Gasteiger partial charge is 0.326 e. The van der Waals surface area contributed by atoms with Gasteiger partial charge >= 0.3 is 5.97 Å². The van der Waals surface area contributed by atoms with Gasteiger partial charge < -0.3 is 10.0 Å². The summed E-state index contributed by atoms with van der Waals surface area (Å²) >= 11 is 6.32. The molecule has 1 aliphatic heterocycles. The Bertz CT molecular complexity index is 1100. The largest absolute Gasteiger partial charge is 0.480 e. The fourth-order valence-electron chi connectivity index (χ4n) is 3.88. The number of aliphatic carboxylic acids is 1. The van der Waals surface area contributed by atoms with Gasteiger partial charge in [-0.05, 0) is 48.7 Å². The predicted molar refractivity (Wildman–Crippen MR) is 111 cm³/mol. The van der Waals surface area contributed by atoms with Crippen LogP contribution in [0.5, 0.6) is 0 Å². The molecule has 4 rings (SSSR count). The van der Waals surface area contributed by atoms with Gasteiger partial charge in [0.15, 0.2) is 0 Å². The molecule has 0 spiro atoms. The van der Waals surface area contributed by atoms with Crippen LogP contribution in [-0.4, -0.2) is 32.9 Å². The number of hydrogen-bond acceptors (Lipinski definition) is 3. The van der Waals surface area contributed by atoms with Gasteiger partial charge in [-0.1, -0.05) is 41.9 Å². The lowest BCUT2D eigenvalue weighted by Gasteiger charge is -2.29. The Labute approximate surface area is 177 Å². The Morgan fingerprint density at radius 2 is 1.87 bits per heavy atom. The molecule has 1 aromatic heterocycles. The molecular formula is C23H18ClFN2O3. The number of aromatic nitrogens is 1. The molecule has 0 saturated carbocycles. The van der Waals surface area contributed by atoms with Crippen molar-refractivity contribution < 1.29 is 19.1 Å². The summed E-state index contributed by atoms with van der Waals surface area (Å²) in [5, 5.41) is 10.1. The molecule has 2 atom stereocenters. The van der Waals surface area contributed by atoms with Crippen LogP contribution in [0.3, 0.4) is 0 Å². The summed E-state index contributed by atoms with van der Waals surface area (Å²) < 4.78 is 13.5. The third-order valence-electron chi connectivity index (χ3n) is 5.30. The number of nitrogens with zero attached hydrogens (tertiary/aromatic N) is 2. The zero-order valence-corrected chi connectivity index (χ0v) is 16.6. The van der Waals surface area contributed by atoms with Crippen molar-refractivity contribution >= 4 is 23.5 Å². The van der Waals surface area contributed by atoms with Gasteiger partial charge in [-0.2, -0.15) is 0 Å². The van der Waals surface area contributed by atoms with E-state index in [1.54, 1.807) is 36.4 Å². The zero-order valence-electron chi connectivity index (χ0n) is 15.8. The zero-order chi connectivity index (χ0) is 21.3. The van der Waals surface area contributed by atoms with Gasteiger partial charge in [-0.25, -0.2) is 9.18 Å². The molecular weight excluding hydrogens is 407 g/mol. The Morgan fingerprint density at radius 1 is 1.07 bits per heavy atom. The van der Waals surface area contributed by atoms with Gasteiger partial charge in [-0.15, -0.1) is 0 Å². The van der Waals surface area contributed by atoms with Gasteiger partial charge in [0.25, 0.3) is 5.91 Å². The molecule has 7 heteroatoms. The van der Waals surface area contributed by atoms with Crippen LogP contribution >= 0.6 is 11.6 Å². The topological polar surface area (TPSA) is 70.5 Å². The van der Waals surface area contributed by atoms with Crippen molar-refractivity contribution in [2.24, 2.45) is 0 Å². The molecule has 152 valence electrons. The van der Waals surface area contributed by atoms with Crippen molar-refractivity contribution in [3.63, 3.8) is 0 Å². The molecule has 1 amide bonds. The molecule has 0 bridgehead atoms. The van der Waals surface area contributed by atoms with Crippen molar-refractivity contribution in [3.05, 3.63) is 88.8 Å². The number of carboxylic acids is 1. The van der Waals surface area contributed by atoms with Crippen LogP contribution < -0.4 is 0 Å². The molecule has 1 saturated heterocycles. The maximum absolute atomic E-state index is 13.5. The molecule has 1 aliphatic rings. The molecule has 2 aromatic carbocycles. The lowest BCUT2D eigenvalue weighted by Crippen LogP contribution is -2.42. The second kappa shape index (κ2) is 8.24. The lowest BCUT2D eigenvalue weighted by atomic mass is 10.0. The fraction of sp³-hybridized carbons (Fsp3) is 0.174. The number of amides is 1. The number of likely N-dealkylation sites (tertiary alicyclic amines) is 1. The van der Waals surface area contributed by atoms with Gasteiger partial charge in [0.05, 0.1) is 17.3 Å². The van der Waals surface area contributed by atoms with E-state index in [1.165, 1.54) is 23.2 Å². The van der Waals surface area contributed by atoms with E-state index in [4.69, 9.17) is 11.6 Å². The summed E-state index contributed by atoms with van der Waals surface area (Å²) in [7, 11) is 0. The van der Waals surface area contributed by atoms with Crippen molar-refractivity contribution in [1.29, 1.82) is 0 Å². The average Bonchev–Trinajstić information content (AvgIpc) is 3.19. The SMILES string of the molecule is O=C(O)[C@@H]1CC[C@H](c2ccccc2Cl)N1C(=O)c1ccc(-c2cccc(F)c2)nc1. The summed E-state index contributed by atoms with van der Waals surface area (Å²) in [5.41, 5.74) is 2.10. The number of rotatable bonds is 4. The van der Waals surface area contributed by atoms with Crippen LogP contribution in [0, 0.1) is 5.82 Å². The van der Waals surface area contributed by atoms with E-state index in [9.17, 15) is 19.1 Å². The van der Waals surface area contributed by atoms with Crippen LogP contribution in [0.15, 0.2) is 66.9 Å². The number of carbonyl (C=O) groups is 2. The summed E-state index contributed by atoms with van der Waals surface area (Å²) in [5.74, 6) is -1.86. The monoisotopic (exact) mass is 424 g/mol. The molecule has 1 fully saturated rings. The molecule has 1 N–H and O–H groups in total. The van der Waals surface area contributed by atoms with Crippen LogP contribution in [-0.2, 0) is 4.79 Å². The Morgan fingerprint density at radius 3 is 2.53 bits per heavy atom. The second-order valence-corrected chi connectivity index (χ2v) is 7.53. The standard InChI is InChI=1S/C23H18ClFN2O3/c24-18-7-2-1-6-17(18)20-10-11-21(23(29)30)27(20)22(28)15-8-9-19(26-13-15)14-4-3-5-16(25)12-14/h1-9,12-13,20-21H,10-11H2,(H,29,30)/t20-,21+/m1/s1. The third-order valence-corrected chi connectivity index (χ3v) is 5.64. The molecule has 0 unspecified atom stereocenters. The summed E-state index contributed by atoms with van der Waals surface area (Å²) in [6.07, 6.45) is 2.23. The third kappa shape index (κ3) is 3.78. The number of carboxylic acid groups (broad SMARTS) is 1. The van der Waals surface area contributed by atoms with Gasteiger partial charge in [-0.3, -0.25) is 9.78 Å². The van der Waals surface area contributed by atoms with E-state index in [0.29, 0.717) is 29.1 Å². The number of hydrogen-bond donors (Lipinski definition) is 1. The minimum Gasteiger partial charge on any atom is -0.480 e. The number of benzene rings is 2. The first kappa shape index (κ1) is 20.0. The molecule has 5 nitrogen and oxygen atoms in total. The summed E-state index contributed by atoms with van der Waals surface area (Å²) in [6.45, 7) is 0. The normalized spacial score (nSPS) is 18.4. The maximum atomic E-state index is 13.5. The molecule has 0 aliphatic carbocycles. The van der Waals surface area contributed by atoms with Crippen molar-refractivity contribution in [1.82, 2.24) is 9.88 Å². The van der Waals surface area contributed by atoms with Crippen molar-refractivity contribution in [2.75, 3.05) is 0 Å². The minimum atomic E-state index is -1.05. The molecule has 3 aromatic rings. The highest BCUT2D eigenvalue weighted by atomic mass is 35.5. The second-order valence-electron chi connectivity index (χ2n) is 7.12. The first-order chi connectivity index (χ1) is 14.5. The van der Waals surface area contributed by atoms with Crippen LogP contribution in [0.4, 0.5) is 4.39 Å². The van der Waals surface area contributed by atoms with Gasteiger partial charge in [0.2, 0.25) is 0 Å². The first-order valence-electron chi connectivity index (χ1n) is 9.47. The highest BCUT2D eigenvalue weighted by Gasteiger charge is 2.42. The van der Waals surface area contributed by atoms with Gasteiger partial charge in [0.1, 0.15) is 11.9 Å². The molecule has 2 heterocycles. The highest BCUT2D eigenvalue weighted by molar-refractivity contribution is 6.31. The number of carbonyl (C=O) groups excluding carboxylic acids is 1. The van der Waals surface area contributed by atoms with Crippen LogP contribution in [0.25, 0.3) is 11.3 Å². The van der Waals surface area contributed by atoms with E-state index >= 15 is 0 Å². The summed E-state index contributed by atoms with van der Waals surface area (Å²) in [6, 6.07) is 15.0. The van der Waals surface area contributed by atoms with E-state index in [-0.39, 0.29) is 11.4 Å². The van der Waals surface area contributed by atoms with Crippen LogP contribution in [0.1, 0.15) is 34.8 Å². The lowest BCUT2D eigenvalue weighted by molar-refractivity contribution is -0.141. The average molecular weight is 425 g/mol. The molecule has 30 heavy (non-hydrogen) atoms. The van der Waals surface area contributed by atoms with E-state index < -0.39 is 24.0 Å². The fourth-order valence-corrected chi connectivity index (χ4v) is 4.14. The van der Waals surface area contributed by atoms with E-state index in [2.05, 4.69) is 4.98 Å². The predicted octanol–water partition coefficient (Wildman–Crippen LogP) is 4.97.